The van der Waals surface area contributed by atoms with E-state index in [1.165, 1.54) is 0 Å². The Balaban J connectivity index is 2.19. The number of nitrogens with zero attached hydrogens (tertiary/aromatic N) is 1. The summed E-state index contributed by atoms with van der Waals surface area (Å²) in [6.45, 7) is 4.39. The lowest BCUT2D eigenvalue weighted by Gasteiger charge is -2.45. The van der Waals surface area contributed by atoms with Crippen molar-refractivity contribution in [2.45, 2.75) is 32.3 Å². The van der Waals surface area contributed by atoms with Crippen LogP contribution in [0.3, 0.4) is 0 Å². The first-order chi connectivity index (χ1) is 7.57. The summed E-state index contributed by atoms with van der Waals surface area (Å²) in [5.41, 5.74) is -0.0870. The summed E-state index contributed by atoms with van der Waals surface area (Å²) in [5.74, 6) is 1.90. The highest BCUT2D eigenvalue weighted by molar-refractivity contribution is 5.33. The molecule has 1 aromatic heterocycles. The van der Waals surface area contributed by atoms with Crippen LogP contribution in [0, 0.1) is 11.8 Å². The van der Waals surface area contributed by atoms with Crippen LogP contribution < -0.4 is 4.74 Å². The van der Waals surface area contributed by atoms with Crippen LogP contribution in [0.5, 0.6) is 5.75 Å². The fourth-order valence-corrected chi connectivity index (χ4v) is 2.38. The van der Waals surface area contributed by atoms with Crippen molar-refractivity contribution in [1.82, 2.24) is 4.98 Å². The fourth-order valence-electron chi connectivity index (χ4n) is 2.38. The first kappa shape index (κ1) is 11.4. The number of methoxy groups -OCH3 is 1. The fraction of sp³-hybridized carbons (Fsp3) is 0.615. The second kappa shape index (κ2) is 4.06. The van der Waals surface area contributed by atoms with Gasteiger partial charge in [-0.15, -0.1) is 0 Å². The number of ether oxygens (including phenoxy) is 1. The monoisotopic (exact) mass is 221 g/mol. The molecular weight excluding hydrogens is 202 g/mol. The smallest absolute Gasteiger partial charge is 0.143 e. The van der Waals surface area contributed by atoms with Crippen LogP contribution in [0.1, 0.15) is 32.4 Å². The van der Waals surface area contributed by atoms with E-state index in [4.69, 9.17) is 4.74 Å². The lowest BCUT2D eigenvalue weighted by molar-refractivity contribution is -0.0977. The summed E-state index contributed by atoms with van der Waals surface area (Å²) in [4.78, 5) is 4.26. The van der Waals surface area contributed by atoms with Gasteiger partial charge in [-0.1, -0.05) is 13.8 Å². The Bertz CT molecular complexity index is 370. The molecule has 0 bridgehead atoms. The molecule has 3 heteroatoms. The van der Waals surface area contributed by atoms with Gasteiger partial charge in [0.05, 0.1) is 7.11 Å². The van der Waals surface area contributed by atoms with E-state index in [9.17, 15) is 5.11 Å². The molecule has 0 amide bonds. The van der Waals surface area contributed by atoms with Gasteiger partial charge in [0.15, 0.2) is 0 Å². The first-order valence-corrected chi connectivity index (χ1v) is 5.78. The number of aliphatic hydroxyl groups is 1. The maximum atomic E-state index is 10.5. The van der Waals surface area contributed by atoms with E-state index in [2.05, 4.69) is 18.8 Å². The number of hydrogen-bond acceptors (Lipinski definition) is 3. The third-order valence-corrected chi connectivity index (χ3v) is 3.57. The molecule has 0 aromatic carbocycles. The van der Waals surface area contributed by atoms with Crippen LogP contribution in [-0.4, -0.2) is 17.2 Å². The second-order valence-electron chi connectivity index (χ2n) is 5.00. The molecule has 1 heterocycles. The Morgan fingerprint density at radius 1 is 1.50 bits per heavy atom. The van der Waals surface area contributed by atoms with Gasteiger partial charge in [0, 0.05) is 6.20 Å². The number of pyridine rings is 1. The van der Waals surface area contributed by atoms with E-state index < -0.39 is 5.60 Å². The zero-order valence-corrected chi connectivity index (χ0v) is 10.1. The minimum Gasteiger partial charge on any atom is -0.495 e. The zero-order valence-electron chi connectivity index (χ0n) is 10.1. The van der Waals surface area contributed by atoms with Crippen LogP contribution in [-0.2, 0) is 5.60 Å². The molecule has 88 valence electrons. The van der Waals surface area contributed by atoms with E-state index in [1.807, 2.05) is 12.1 Å². The van der Waals surface area contributed by atoms with Gasteiger partial charge in [-0.05, 0) is 36.8 Å². The predicted molar refractivity (Wildman–Crippen MR) is 62.2 cm³/mol. The topological polar surface area (TPSA) is 42.4 Å². The lowest BCUT2D eigenvalue weighted by atomic mass is 9.64. The van der Waals surface area contributed by atoms with E-state index in [-0.39, 0.29) is 0 Å². The molecule has 0 unspecified atom stereocenters. The molecule has 1 aliphatic carbocycles. The van der Waals surface area contributed by atoms with Crippen molar-refractivity contribution in [1.29, 1.82) is 0 Å². The molecule has 0 atom stereocenters. The zero-order chi connectivity index (χ0) is 11.8. The molecule has 3 nitrogen and oxygen atoms in total. The van der Waals surface area contributed by atoms with Crippen LogP contribution >= 0.6 is 0 Å². The molecule has 1 aliphatic rings. The van der Waals surface area contributed by atoms with Gasteiger partial charge in [-0.2, -0.15) is 0 Å². The van der Waals surface area contributed by atoms with Gasteiger partial charge in [-0.3, -0.25) is 4.98 Å². The molecule has 1 saturated carbocycles. The largest absolute Gasteiger partial charge is 0.495 e. The standard InChI is InChI=1S/C13H19NO2/c1-9(2)10-7-13(15,8-10)12-11(16-3)5-4-6-14-12/h4-6,9-10,15H,7-8H2,1-3H3. The van der Waals surface area contributed by atoms with Gasteiger partial charge in [0.1, 0.15) is 17.0 Å². The predicted octanol–water partition coefficient (Wildman–Crippen LogP) is 2.34. The molecule has 0 saturated heterocycles. The van der Waals surface area contributed by atoms with Crippen molar-refractivity contribution >= 4 is 0 Å². The van der Waals surface area contributed by atoms with Crippen LogP contribution in [0.2, 0.25) is 0 Å². The number of rotatable bonds is 3. The van der Waals surface area contributed by atoms with Crippen LogP contribution in [0.15, 0.2) is 18.3 Å². The minimum atomic E-state index is -0.776. The highest BCUT2D eigenvalue weighted by atomic mass is 16.5. The average Bonchev–Trinajstić information content (AvgIpc) is 2.24. The summed E-state index contributed by atoms with van der Waals surface area (Å²) < 4.78 is 5.24. The van der Waals surface area contributed by atoms with E-state index in [1.54, 1.807) is 13.3 Å². The third-order valence-electron chi connectivity index (χ3n) is 3.57. The summed E-state index contributed by atoms with van der Waals surface area (Å²) >= 11 is 0. The molecule has 0 spiro atoms. The molecule has 1 fully saturated rings. The maximum absolute atomic E-state index is 10.5. The van der Waals surface area contributed by atoms with Gasteiger partial charge in [0.25, 0.3) is 0 Å². The Morgan fingerprint density at radius 3 is 2.75 bits per heavy atom. The molecule has 1 aromatic rings. The molecule has 2 rings (SSSR count). The van der Waals surface area contributed by atoms with Crippen LogP contribution in [0.4, 0.5) is 0 Å². The number of aromatic nitrogens is 1. The normalized spacial score (nSPS) is 28.9. The lowest BCUT2D eigenvalue weighted by Crippen LogP contribution is -2.44. The minimum absolute atomic E-state index is 0.594. The molecule has 0 radical (unpaired) electrons. The Hall–Kier alpha value is -1.09. The highest BCUT2D eigenvalue weighted by Crippen LogP contribution is 2.50. The third kappa shape index (κ3) is 1.80. The molecule has 0 aliphatic heterocycles. The van der Waals surface area contributed by atoms with E-state index in [0.717, 1.165) is 12.8 Å². The Morgan fingerprint density at radius 2 is 2.19 bits per heavy atom. The first-order valence-electron chi connectivity index (χ1n) is 5.78. The molecular formula is C13H19NO2. The summed E-state index contributed by atoms with van der Waals surface area (Å²) in [7, 11) is 1.61. The Labute approximate surface area is 96.5 Å². The van der Waals surface area contributed by atoms with Crippen molar-refractivity contribution in [2.24, 2.45) is 11.8 Å². The quantitative estimate of drug-likeness (QED) is 0.852. The van der Waals surface area contributed by atoms with Crippen molar-refractivity contribution < 1.29 is 9.84 Å². The maximum Gasteiger partial charge on any atom is 0.143 e. The van der Waals surface area contributed by atoms with Crippen molar-refractivity contribution in [3.8, 4) is 5.75 Å². The van der Waals surface area contributed by atoms with Gasteiger partial charge < -0.3 is 9.84 Å². The summed E-state index contributed by atoms with van der Waals surface area (Å²) in [6.07, 6.45) is 3.29. The summed E-state index contributed by atoms with van der Waals surface area (Å²) in [6, 6.07) is 3.67. The van der Waals surface area contributed by atoms with E-state index >= 15 is 0 Å². The highest BCUT2D eigenvalue weighted by Gasteiger charge is 2.47. The van der Waals surface area contributed by atoms with Gasteiger partial charge in [-0.25, -0.2) is 0 Å². The number of hydrogen-bond donors (Lipinski definition) is 1. The molecule has 16 heavy (non-hydrogen) atoms. The Kier molecular flexibility index (Phi) is 2.89. The van der Waals surface area contributed by atoms with Crippen molar-refractivity contribution in [3.63, 3.8) is 0 Å². The van der Waals surface area contributed by atoms with Crippen molar-refractivity contribution in [3.05, 3.63) is 24.0 Å². The van der Waals surface area contributed by atoms with Crippen molar-refractivity contribution in [2.75, 3.05) is 7.11 Å². The van der Waals surface area contributed by atoms with Gasteiger partial charge in [0.2, 0.25) is 0 Å². The summed E-state index contributed by atoms with van der Waals surface area (Å²) in [5, 5.41) is 10.5. The van der Waals surface area contributed by atoms with E-state index in [0.29, 0.717) is 23.3 Å². The second-order valence-corrected chi connectivity index (χ2v) is 5.00. The van der Waals surface area contributed by atoms with Crippen LogP contribution in [0.25, 0.3) is 0 Å². The van der Waals surface area contributed by atoms with Gasteiger partial charge >= 0.3 is 0 Å². The average molecular weight is 221 g/mol. The molecule has 1 N–H and O–H groups in total. The SMILES string of the molecule is COc1cccnc1C1(O)CC(C(C)C)C1.